The van der Waals surface area contributed by atoms with Crippen LogP contribution in [0.1, 0.15) is 48.3 Å². The number of nitrogens with one attached hydrogen (secondary N) is 1. The van der Waals surface area contributed by atoms with Gasteiger partial charge in [-0.15, -0.1) is 0 Å². The van der Waals surface area contributed by atoms with Crippen molar-refractivity contribution in [1.29, 1.82) is 0 Å². The summed E-state index contributed by atoms with van der Waals surface area (Å²) < 4.78 is 16.5. The van der Waals surface area contributed by atoms with Gasteiger partial charge in [0.15, 0.2) is 0 Å². The van der Waals surface area contributed by atoms with E-state index < -0.39 is 0 Å². The molecular formula is C25H29NO4. The Bertz CT molecular complexity index is 942. The van der Waals surface area contributed by atoms with Crippen LogP contribution in [0.3, 0.4) is 0 Å². The molecule has 2 aromatic rings. The number of alkyl carbamates (subject to hydrolysis) is 1. The Balaban J connectivity index is 1.20. The zero-order chi connectivity index (χ0) is 20.6. The number of aryl methyl sites for hydroxylation is 1. The van der Waals surface area contributed by atoms with E-state index in [-0.39, 0.29) is 11.6 Å². The Morgan fingerprint density at radius 3 is 2.87 bits per heavy atom. The number of benzene rings is 2. The van der Waals surface area contributed by atoms with E-state index in [1.807, 2.05) is 24.3 Å². The van der Waals surface area contributed by atoms with Crippen molar-refractivity contribution in [3.05, 3.63) is 59.2 Å². The molecule has 2 fully saturated rings. The highest BCUT2D eigenvalue weighted by Crippen LogP contribution is 2.43. The van der Waals surface area contributed by atoms with Gasteiger partial charge in [-0.05, 0) is 79.2 Å². The molecule has 1 N–H and O–H groups in total. The second-order valence-corrected chi connectivity index (χ2v) is 9.05. The molecule has 2 aromatic carbocycles. The minimum Gasteiger partial charge on any atom is -0.497 e. The van der Waals surface area contributed by atoms with Crippen molar-refractivity contribution in [2.45, 2.75) is 50.0 Å². The summed E-state index contributed by atoms with van der Waals surface area (Å²) in [5, 5.41) is 3.05. The van der Waals surface area contributed by atoms with Crippen LogP contribution in [0.4, 0.5) is 4.79 Å². The van der Waals surface area contributed by atoms with Crippen molar-refractivity contribution in [3.63, 3.8) is 0 Å². The molecule has 30 heavy (non-hydrogen) atoms. The van der Waals surface area contributed by atoms with Gasteiger partial charge in [-0.2, -0.15) is 0 Å². The summed E-state index contributed by atoms with van der Waals surface area (Å²) in [5.74, 6) is 2.74. The van der Waals surface area contributed by atoms with Gasteiger partial charge in [0.05, 0.1) is 19.3 Å². The molecule has 3 atom stereocenters. The number of carbonyl (C=O) groups excluding carboxylic acids is 1. The summed E-state index contributed by atoms with van der Waals surface area (Å²) in [6.45, 7) is 1.25. The van der Waals surface area contributed by atoms with Gasteiger partial charge < -0.3 is 19.5 Å². The lowest BCUT2D eigenvalue weighted by Gasteiger charge is -2.26. The van der Waals surface area contributed by atoms with E-state index >= 15 is 0 Å². The maximum atomic E-state index is 11.5. The molecular weight excluding hydrogens is 378 g/mol. The van der Waals surface area contributed by atoms with E-state index in [2.05, 4.69) is 23.5 Å². The second kappa shape index (κ2) is 7.86. The number of carbonyl (C=O) groups is 1. The maximum absolute atomic E-state index is 11.5. The predicted molar refractivity (Wildman–Crippen MR) is 114 cm³/mol. The van der Waals surface area contributed by atoms with Gasteiger partial charge in [0.25, 0.3) is 0 Å². The smallest absolute Gasteiger partial charge is 0.407 e. The van der Waals surface area contributed by atoms with Gasteiger partial charge in [0.2, 0.25) is 0 Å². The van der Waals surface area contributed by atoms with E-state index in [0.717, 1.165) is 56.6 Å². The maximum Gasteiger partial charge on any atom is 0.407 e. The van der Waals surface area contributed by atoms with E-state index in [9.17, 15) is 4.79 Å². The zero-order valence-corrected chi connectivity index (χ0v) is 17.5. The van der Waals surface area contributed by atoms with E-state index in [1.165, 1.54) is 16.7 Å². The molecule has 5 nitrogen and oxygen atoms in total. The van der Waals surface area contributed by atoms with Crippen LogP contribution in [0.2, 0.25) is 0 Å². The molecule has 0 bridgehead atoms. The third kappa shape index (κ3) is 3.85. The lowest BCUT2D eigenvalue weighted by Crippen LogP contribution is -2.40. The zero-order valence-electron chi connectivity index (χ0n) is 17.5. The highest BCUT2D eigenvalue weighted by atomic mass is 16.6. The molecule has 1 heterocycles. The highest BCUT2D eigenvalue weighted by molar-refractivity contribution is 5.70. The molecule has 1 unspecified atom stereocenters. The summed E-state index contributed by atoms with van der Waals surface area (Å²) in [6.07, 6.45) is 6.16. The van der Waals surface area contributed by atoms with Gasteiger partial charge in [0.1, 0.15) is 18.1 Å². The fourth-order valence-corrected chi connectivity index (χ4v) is 5.30. The first-order chi connectivity index (χ1) is 14.6. The van der Waals surface area contributed by atoms with E-state index in [0.29, 0.717) is 18.4 Å². The predicted octanol–water partition coefficient (Wildman–Crippen LogP) is 4.63. The monoisotopic (exact) mass is 407 g/mol. The molecule has 2 aliphatic carbocycles. The first kappa shape index (κ1) is 19.3. The first-order valence-electron chi connectivity index (χ1n) is 11.0. The number of amides is 1. The topological polar surface area (TPSA) is 56.8 Å². The minimum absolute atomic E-state index is 0.139. The van der Waals surface area contributed by atoms with Crippen LogP contribution in [0.15, 0.2) is 42.5 Å². The van der Waals surface area contributed by atoms with Crippen LogP contribution in [-0.4, -0.2) is 32.0 Å². The van der Waals surface area contributed by atoms with E-state index in [1.54, 1.807) is 7.11 Å². The van der Waals surface area contributed by atoms with Gasteiger partial charge >= 0.3 is 6.09 Å². The molecule has 5 heteroatoms. The Kier molecular flexibility index (Phi) is 5.05. The number of rotatable bonds is 5. The van der Waals surface area contributed by atoms with Gasteiger partial charge in [-0.25, -0.2) is 4.79 Å². The molecule has 5 rings (SSSR count). The summed E-state index contributed by atoms with van der Waals surface area (Å²) in [5.41, 5.74) is 4.21. The molecule has 0 aromatic heterocycles. The Labute approximate surface area is 177 Å². The molecule has 1 saturated heterocycles. The quantitative estimate of drug-likeness (QED) is 0.785. The van der Waals surface area contributed by atoms with Gasteiger partial charge in [-0.1, -0.05) is 24.3 Å². The summed E-state index contributed by atoms with van der Waals surface area (Å²) in [4.78, 5) is 11.5. The highest BCUT2D eigenvalue weighted by Gasteiger charge is 2.46. The molecule has 0 radical (unpaired) electrons. The number of hydrogen-bond acceptors (Lipinski definition) is 4. The largest absolute Gasteiger partial charge is 0.497 e. The summed E-state index contributed by atoms with van der Waals surface area (Å²) in [7, 11) is 1.68. The van der Waals surface area contributed by atoms with Crippen molar-refractivity contribution in [1.82, 2.24) is 5.32 Å². The van der Waals surface area contributed by atoms with E-state index in [4.69, 9.17) is 14.2 Å². The summed E-state index contributed by atoms with van der Waals surface area (Å²) >= 11 is 0. The fraction of sp³-hybridized carbons (Fsp3) is 0.480. The van der Waals surface area contributed by atoms with Crippen LogP contribution >= 0.6 is 0 Å². The molecule has 1 spiro atoms. The number of ether oxygens (including phenoxy) is 3. The normalized spacial score (nSPS) is 27.4. The average Bonchev–Trinajstić information content (AvgIpc) is 3.37. The number of fused-ring (bicyclic) bond motifs is 1. The lowest BCUT2D eigenvalue weighted by atomic mass is 9.82. The lowest BCUT2D eigenvalue weighted by molar-refractivity contribution is 0.172. The molecule has 1 amide bonds. The third-order valence-electron chi connectivity index (χ3n) is 7.01. The van der Waals surface area contributed by atoms with Crippen LogP contribution < -0.4 is 14.8 Å². The first-order valence-corrected chi connectivity index (χ1v) is 11.0. The molecule has 158 valence electrons. The Morgan fingerprint density at radius 2 is 2.03 bits per heavy atom. The average molecular weight is 408 g/mol. The number of cyclic esters (lactones) is 1. The van der Waals surface area contributed by atoms with Crippen molar-refractivity contribution >= 4 is 6.09 Å². The van der Waals surface area contributed by atoms with Crippen LogP contribution in [-0.2, 0) is 17.6 Å². The summed E-state index contributed by atoms with van der Waals surface area (Å²) in [6, 6.07) is 14.8. The van der Waals surface area contributed by atoms with Crippen LogP contribution in [0.25, 0.3) is 0 Å². The third-order valence-corrected chi connectivity index (χ3v) is 7.01. The van der Waals surface area contributed by atoms with Crippen LogP contribution in [0, 0.1) is 5.92 Å². The van der Waals surface area contributed by atoms with Crippen molar-refractivity contribution in [2.75, 3.05) is 20.3 Å². The van der Waals surface area contributed by atoms with Crippen molar-refractivity contribution < 1.29 is 19.0 Å². The van der Waals surface area contributed by atoms with Crippen molar-refractivity contribution in [3.8, 4) is 11.5 Å². The molecule has 3 aliphatic rings. The SMILES string of the molecule is COc1cccc(OC[C@@H]2CCc3cc([C@H]4CCC5(COC(=O)N5)C4)ccc3C2)c1. The standard InChI is InChI=1S/C25H29NO4/c1-28-22-3-2-4-23(13-22)29-15-17-5-6-19-12-20(8-7-18(19)11-17)21-9-10-25(14-21)16-30-24(27)26-25/h2-4,7-8,12-13,17,21H,5-6,9-11,14-16H2,1H3,(H,26,27)/t17-,21+,25?/m1/s1. The number of hydrogen-bond donors (Lipinski definition) is 1. The Morgan fingerprint density at radius 1 is 1.13 bits per heavy atom. The number of methoxy groups -OCH3 is 1. The van der Waals surface area contributed by atoms with Gasteiger partial charge in [0, 0.05) is 6.07 Å². The van der Waals surface area contributed by atoms with Crippen molar-refractivity contribution in [2.24, 2.45) is 5.92 Å². The van der Waals surface area contributed by atoms with Gasteiger partial charge in [-0.3, -0.25) is 0 Å². The van der Waals surface area contributed by atoms with Crippen LogP contribution in [0.5, 0.6) is 11.5 Å². The molecule has 1 aliphatic heterocycles. The second-order valence-electron chi connectivity index (χ2n) is 9.05. The fourth-order valence-electron chi connectivity index (χ4n) is 5.30. The molecule has 1 saturated carbocycles. The Hall–Kier alpha value is -2.69. The minimum atomic E-state index is -0.261.